The zero-order chi connectivity index (χ0) is 16.1. The molecule has 0 aliphatic heterocycles. The third-order valence-electron chi connectivity index (χ3n) is 3.62. The van der Waals surface area contributed by atoms with Gasteiger partial charge in [0.05, 0.1) is 6.54 Å². The second kappa shape index (κ2) is 7.32. The van der Waals surface area contributed by atoms with E-state index in [0.717, 1.165) is 23.2 Å². The van der Waals surface area contributed by atoms with Crippen molar-refractivity contribution in [1.29, 1.82) is 0 Å². The maximum Gasteiger partial charge on any atom is 0.243 e. The van der Waals surface area contributed by atoms with Gasteiger partial charge in [0.25, 0.3) is 0 Å². The summed E-state index contributed by atoms with van der Waals surface area (Å²) in [5, 5.41) is 6.74. The van der Waals surface area contributed by atoms with Crippen LogP contribution in [0.3, 0.4) is 0 Å². The lowest BCUT2D eigenvalue weighted by Gasteiger charge is -2.14. The summed E-state index contributed by atoms with van der Waals surface area (Å²) in [6, 6.07) is 11.7. The second-order valence-corrected chi connectivity index (χ2v) is 5.74. The van der Waals surface area contributed by atoms with Crippen LogP contribution >= 0.6 is 11.6 Å². The Morgan fingerprint density at radius 1 is 1.14 bits per heavy atom. The van der Waals surface area contributed by atoms with E-state index >= 15 is 0 Å². The van der Waals surface area contributed by atoms with E-state index in [1.807, 2.05) is 38.1 Å². The summed E-state index contributed by atoms with van der Waals surface area (Å²) in [6.45, 7) is 6.30. The third kappa shape index (κ3) is 4.01. The lowest BCUT2D eigenvalue weighted by atomic mass is 10.1. The highest BCUT2D eigenvalue weighted by molar-refractivity contribution is 6.31. The number of carbonyl (C=O) groups excluding carboxylic acids is 1. The number of anilines is 2. The Kier molecular flexibility index (Phi) is 5.45. The molecule has 0 aliphatic carbocycles. The quantitative estimate of drug-likeness (QED) is 0.848. The molecule has 0 spiro atoms. The number of carbonyl (C=O) groups is 1. The van der Waals surface area contributed by atoms with Gasteiger partial charge in [0, 0.05) is 16.4 Å². The van der Waals surface area contributed by atoms with Crippen LogP contribution in [0, 0.1) is 13.8 Å². The fraction of sp³-hybridized carbons (Fsp3) is 0.278. The molecule has 3 nitrogen and oxygen atoms in total. The molecule has 2 rings (SSSR count). The van der Waals surface area contributed by atoms with Gasteiger partial charge in [0.2, 0.25) is 5.91 Å². The third-order valence-corrected chi connectivity index (χ3v) is 4.03. The monoisotopic (exact) mass is 316 g/mol. The van der Waals surface area contributed by atoms with Gasteiger partial charge in [-0.3, -0.25) is 4.79 Å². The lowest BCUT2D eigenvalue weighted by molar-refractivity contribution is -0.114. The zero-order valence-electron chi connectivity index (χ0n) is 13.2. The predicted molar refractivity (Wildman–Crippen MR) is 93.9 cm³/mol. The first-order chi connectivity index (χ1) is 10.5. The first-order valence-corrected chi connectivity index (χ1v) is 7.77. The normalized spacial score (nSPS) is 10.4. The van der Waals surface area contributed by atoms with Gasteiger partial charge in [-0.15, -0.1) is 0 Å². The number of amides is 1. The van der Waals surface area contributed by atoms with Crippen LogP contribution < -0.4 is 10.6 Å². The molecule has 1 amide bonds. The van der Waals surface area contributed by atoms with Crippen molar-refractivity contribution in [3.05, 3.63) is 58.1 Å². The van der Waals surface area contributed by atoms with Gasteiger partial charge in [-0.05, 0) is 49.1 Å². The Bertz CT molecular complexity index is 683. The predicted octanol–water partition coefficient (Wildman–Crippen LogP) is 4.57. The van der Waals surface area contributed by atoms with E-state index in [4.69, 9.17) is 11.6 Å². The summed E-state index contributed by atoms with van der Waals surface area (Å²) >= 11 is 6.06. The summed E-state index contributed by atoms with van der Waals surface area (Å²) in [5.74, 6) is -0.0924. The molecule has 2 N–H and O–H groups in total. The Morgan fingerprint density at radius 2 is 1.91 bits per heavy atom. The minimum Gasteiger partial charge on any atom is -0.376 e. The lowest BCUT2D eigenvalue weighted by Crippen LogP contribution is -2.22. The van der Waals surface area contributed by atoms with Crippen LogP contribution in [-0.4, -0.2) is 12.5 Å². The standard InChI is InChI=1S/C18H21ClN2O/c1-4-14-7-5-6-13(3)18(14)20-11-17(22)21-15-9-8-12(2)16(19)10-15/h5-10,20H,4,11H2,1-3H3,(H,21,22). The minimum absolute atomic E-state index is 0.0924. The van der Waals surface area contributed by atoms with E-state index in [0.29, 0.717) is 10.7 Å². The summed E-state index contributed by atoms with van der Waals surface area (Å²) in [6.07, 6.45) is 0.930. The average molecular weight is 317 g/mol. The van der Waals surface area contributed by atoms with E-state index in [9.17, 15) is 4.79 Å². The summed E-state index contributed by atoms with van der Waals surface area (Å²) in [5.41, 5.74) is 5.10. The molecule has 2 aromatic rings. The molecule has 4 heteroatoms. The van der Waals surface area contributed by atoms with Gasteiger partial charge in [0.15, 0.2) is 0 Å². The van der Waals surface area contributed by atoms with Crippen LogP contribution in [0.15, 0.2) is 36.4 Å². The molecule has 22 heavy (non-hydrogen) atoms. The first-order valence-electron chi connectivity index (χ1n) is 7.39. The molecule has 0 bridgehead atoms. The molecule has 116 valence electrons. The first kappa shape index (κ1) is 16.4. The molecule has 2 aromatic carbocycles. The van der Waals surface area contributed by atoms with Crippen molar-refractivity contribution in [2.75, 3.05) is 17.2 Å². The molecular formula is C18H21ClN2O. The number of benzene rings is 2. The van der Waals surface area contributed by atoms with Crippen LogP contribution in [0.4, 0.5) is 11.4 Å². The van der Waals surface area contributed by atoms with Crippen LogP contribution in [0.25, 0.3) is 0 Å². The van der Waals surface area contributed by atoms with Crippen molar-refractivity contribution >= 4 is 28.9 Å². The van der Waals surface area contributed by atoms with Crippen LogP contribution in [0.2, 0.25) is 5.02 Å². The van der Waals surface area contributed by atoms with E-state index in [-0.39, 0.29) is 12.5 Å². The van der Waals surface area contributed by atoms with Crippen molar-refractivity contribution in [3.8, 4) is 0 Å². The molecule has 0 aromatic heterocycles. The topological polar surface area (TPSA) is 41.1 Å². The molecule has 0 saturated carbocycles. The number of halogens is 1. The molecule has 0 atom stereocenters. The van der Waals surface area contributed by atoms with Gasteiger partial charge in [-0.1, -0.05) is 42.8 Å². The van der Waals surface area contributed by atoms with Crippen molar-refractivity contribution < 1.29 is 4.79 Å². The van der Waals surface area contributed by atoms with Crippen LogP contribution in [-0.2, 0) is 11.2 Å². The highest BCUT2D eigenvalue weighted by Gasteiger charge is 2.07. The van der Waals surface area contributed by atoms with E-state index in [1.54, 1.807) is 6.07 Å². The number of hydrogen-bond donors (Lipinski definition) is 2. The molecule has 0 fully saturated rings. The van der Waals surface area contributed by atoms with Gasteiger partial charge >= 0.3 is 0 Å². The van der Waals surface area contributed by atoms with Crippen LogP contribution in [0.1, 0.15) is 23.6 Å². The van der Waals surface area contributed by atoms with Gasteiger partial charge in [-0.2, -0.15) is 0 Å². The highest BCUT2D eigenvalue weighted by atomic mass is 35.5. The Hall–Kier alpha value is -2.00. The largest absolute Gasteiger partial charge is 0.376 e. The Balaban J connectivity index is 2.00. The fourth-order valence-electron chi connectivity index (χ4n) is 2.32. The summed E-state index contributed by atoms with van der Waals surface area (Å²) in [4.78, 5) is 12.1. The van der Waals surface area contributed by atoms with E-state index < -0.39 is 0 Å². The highest BCUT2D eigenvalue weighted by Crippen LogP contribution is 2.22. The summed E-state index contributed by atoms with van der Waals surface area (Å²) < 4.78 is 0. The molecule has 0 radical (unpaired) electrons. The van der Waals surface area contributed by atoms with E-state index in [1.165, 1.54) is 5.56 Å². The maximum atomic E-state index is 12.1. The van der Waals surface area contributed by atoms with Gasteiger partial charge < -0.3 is 10.6 Å². The fourth-order valence-corrected chi connectivity index (χ4v) is 2.50. The van der Waals surface area contributed by atoms with Crippen molar-refractivity contribution in [1.82, 2.24) is 0 Å². The molecule has 0 aliphatic rings. The molecule has 0 saturated heterocycles. The van der Waals surface area contributed by atoms with E-state index in [2.05, 4.69) is 23.6 Å². The smallest absolute Gasteiger partial charge is 0.243 e. The maximum absolute atomic E-state index is 12.1. The molecule has 0 unspecified atom stereocenters. The van der Waals surface area contributed by atoms with Crippen molar-refractivity contribution in [2.24, 2.45) is 0 Å². The second-order valence-electron chi connectivity index (χ2n) is 5.33. The van der Waals surface area contributed by atoms with Gasteiger partial charge in [-0.25, -0.2) is 0 Å². The zero-order valence-corrected chi connectivity index (χ0v) is 13.9. The average Bonchev–Trinajstić information content (AvgIpc) is 2.49. The number of hydrogen-bond acceptors (Lipinski definition) is 2. The number of aryl methyl sites for hydroxylation is 3. The molecule has 0 heterocycles. The van der Waals surface area contributed by atoms with Crippen molar-refractivity contribution in [2.45, 2.75) is 27.2 Å². The number of nitrogens with one attached hydrogen (secondary N) is 2. The Labute approximate surface area is 136 Å². The SMILES string of the molecule is CCc1cccc(C)c1NCC(=O)Nc1ccc(C)c(Cl)c1. The number of rotatable bonds is 5. The van der Waals surface area contributed by atoms with Crippen molar-refractivity contribution in [3.63, 3.8) is 0 Å². The minimum atomic E-state index is -0.0924. The van der Waals surface area contributed by atoms with Gasteiger partial charge in [0.1, 0.15) is 0 Å². The van der Waals surface area contributed by atoms with Crippen LogP contribution in [0.5, 0.6) is 0 Å². The number of para-hydroxylation sites is 1. The summed E-state index contributed by atoms with van der Waals surface area (Å²) in [7, 11) is 0. The molecular weight excluding hydrogens is 296 g/mol. The Morgan fingerprint density at radius 3 is 2.59 bits per heavy atom.